The van der Waals surface area contributed by atoms with Gasteiger partial charge in [0.1, 0.15) is 23.9 Å². The third-order valence-electron chi connectivity index (χ3n) is 9.51. The molecule has 3 aromatic carbocycles. The number of methoxy groups -OCH3 is 1. The molecule has 3 aliphatic carbocycles. The summed E-state index contributed by atoms with van der Waals surface area (Å²) in [6.07, 6.45) is 6.13. The van der Waals surface area contributed by atoms with Crippen molar-refractivity contribution >= 4 is 11.5 Å². The maximum absolute atomic E-state index is 15.1. The number of allylic oxidation sites excluding steroid dienone is 2. The lowest BCUT2D eigenvalue weighted by molar-refractivity contribution is -0.139. The highest BCUT2D eigenvalue weighted by molar-refractivity contribution is 5.85. The van der Waals surface area contributed by atoms with Crippen molar-refractivity contribution in [2.75, 3.05) is 7.11 Å². The van der Waals surface area contributed by atoms with Crippen LogP contribution in [0.25, 0.3) is 16.7 Å². The van der Waals surface area contributed by atoms with Crippen molar-refractivity contribution in [2.24, 2.45) is 17.3 Å². The highest BCUT2D eigenvalue weighted by Gasteiger charge is 2.68. The lowest BCUT2D eigenvalue weighted by atomic mass is 9.79. The second kappa shape index (κ2) is 9.25. The van der Waals surface area contributed by atoms with E-state index in [1.807, 2.05) is 18.2 Å². The Labute approximate surface area is 229 Å². The average molecular weight is 527 g/mol. The first-order chi connectivity index (χ1) is 18.7. The third-order valence-corrected chi connectivity index (χ3v) is 9.51. The summed E-state index contributed by atoms with van der Waals surface area (Å²) in [5.41, 5.74) is 6.73. The molecule has 0 bridgehead atoms. The number of halogens is 1. The van der Waals surface area contributed by atoms with Gasteiger partial charge in [0.25, 0.3) is 0 Å². The minimum atomic E-state index is -0.703. The molecular weight excluding hydrogens is 491 g/mol. The Morgan fingerprint density at radius 1 is 1.00 bits per heavy atom. The number of ether oxygens (including phenoxy) is 2. The standard InChI is InChI=1S/C34H35FO4/c1-20-31(32(36)37)34(20)15-13-22-8-9-24(18-29(22)34)39-19-21-7-11-25(27-17-23(38-4)10-12-30(27)35)26(16-21)28-6-5-14-33(28,2)3/h6-12,16-18,20,31H,5,13-15,19H2,1-4H3,(H,36,37)/t20-,31-,34-/m0/s1. The number of carboxylic acids is 1. The van der Waals surface area contributed by atoms with Gasteiger partial charge in [0.05, 0.1) is 13.0 Å². The predicted molar refractivity (Wildman–Crippen MR) is 150 cm³/mol. The third kappa shape index (κ3) is 4.14. The van der Waals surface area contributed by atoms with Crippen LogP contribution >= 0.6 is 0 Å². The van der Waals surface area contributed by atoms with Crippen molar-refractivity contribution in [1.29, 1.82) is 0 Å². The van der Waals surface area contributed by atoms with Crippen molar-refractivity contribution in [3.05, 3.63) is 88.7 Å². The summed E-state index contributed by atoms with van der Waals surface area (Å²) >= 11 is 0. The molecule has 5 heteroatoms. The molecule has 0 heterocycles. The van der Waals surface area contributed by atoms with E-state index in [4.69, 9.17) is 9.47 Å². The van der Waals surface area contributed by atoms with Gasteiger partial charge in [-0.05, 0) is 107 Å². The summed E-state index contributed by atoms with van der Waals surface area (Å²) in [5, 5.41) is 9.73. The zero-order valence-electron chi connectivity index (χ0n) is 23.0. The van der Waals surface area contributed by atoms with Crippen LogP contribution in [0.2, 0.25) is 0 Å². The van der Waals surface area contributed by atoms with E-state index in [1.165, 1.54) is 17.2 Å². The molecular formula is C34H35FO4. The summed E-state index contributed by atoms with van der Waals surface area (Å²) in [7, 11) is 1.59. The van der Waals surface area contributed by atoms with Crippen LogP contribution in [0.4, 0.5) is 4.39 Å². The Morgan fingerprint density at radius 2 is 1.79 bits per heavy atom. The van der Waals surface area contributed by atoms with Gasteiger partial charge in [-0.15, -0.1) is 0 Å². The van der Waals surface area contributed by atoms with E-state index >= 15 is 4.39 Å². The van der Waals surface area contributed by atoms with Gasteiger partial charge >= 0.3 is 5.97 Å². The molecule has 202 valence electrons. The quantitative estimate of drug-likeness (QED) is 0.341. The van der Waals surface area contributed by atoms with Crippen LogP contribution < -0.4 is 9.47 Å². The van der Waals surface area contributed by atoms with E-state index in [2.05, 4.69) is 45.0 Å². The average Bonchev–Trinajstić information content (AvgIpc) is 3.15. The minimum absolute atomic E-state index is 0.0144. The van der Waals surface area contributed by atoms with E-state index in [1.54, 1.807) is 19.2 Å². The summed E-state index contributed by atoms with van der Waals surface area (Å²) in [4.78, 5) is 11.8. The first-order valence-corrected chi connectivity index (χ1v) is 13.8. The summed E-state index contributed by atoms with van der Waals surface area (Å²) in [6.45, 7) is 6.90. The van der Waals surface area contributed by atoms with Gasteiger partial charge in [-0.25, -0.2) is 4.39 Å². The van der Waals surface area contributed by atoms with Crippen LogP contribution in [0.5, 0.6) is 11.5 Å². The van der Waals surface area contributed by atoms with Gasteiger partial charge in [0.15, 0.2) is 0 Å². The van der Waals surface area contributed by atoms with Crippen molar-refractivity contribution in [1.82, 2.24) is 0 Å². The fraction of sp³-hybridized carbons (Fsp3) is 0.382. The Kier molecular flexibility index (Phi) is 6.09. The fourth-order valence-corrected chi connectivity index (χ4v) is 7.24. The van der Waals surface area contributed by atoms with Gasteiger partial charge in [-0.3, -0.25) is 4.79 Å². The Bertz CT molecular complexity index is 1500. The highest BCUT2D eigenvalue weighted by atomic mass is 19.1. The number of fused-ring (bicyclic) bond motifs is 2. The number of benzene rings is 3. The Balaban J connectivity index is 1.32. The van der Waals surface area contributed by atoms with E-state index in [9.17, 15) is 9.90 Å². The second-order valence-electron chi connectivity index (χ2n) is 12.0. The molecule has 4 nitrogen and oxygen atoms in total. The van der Waals surface area contributed by atoms with Crippen LogP contribution in [-0.2, 0) is 23.2 Å². The SMILES string of the molecule is COc1ccc(F)c(-c2ccc(COc3ccc4c(c3)[C@@]3(CC4)[C@H](C(=O)O)[C@@H]3C)cc2C2=CCCC2(C)C)c1. The number of hydrogen-bond donors (Lipinski definition) is 1. The Hall–Kier alpha value is -3.60. The Morgan fingerprint density at radius 3 is 2.49 bits per heavy atom. The zero-order chi connectivity index (χ0) is 27.5. The molecule has 1 spiro atoms. The van der Waals surface area contributed by atoms with Gasteiger partial charge in [-0.2, -0.15) is 0 Å². The largest absolute Gasteiger partial charge is 0.497 e. The molecule has 0 saturated heterocycles. The topological polar surface area (TPSA) is 55.8 Å². The molecule has 1 saturated carbocycles. The van der Waals surface area contributed by atoms with Gasteiger partial charge in [0, 0.05) is 11.0 Å². The predicted octanol–water partition coefficient (Wildman–Crippen LogP) is 7.82. The van der Waals surface area contributed by atoms with Crippen LogP contribution in [0.1, 0.15) is 62.3 Å². The van der Waals surface area contributed by atoms with Gasteiger partial charge in [0.2, 0.25) is 0 Å². The smallest absolute Gasteiger partial charge is 0.307 e. The number of hydrogen-bond acceptors (Lipinski definition) is 3. The number of rotatable bonds is 7. The summed E-state index contributed by atoms with van der Waals surface area (Å²) in [5.74, 6) is 0.215. The molecule has 39 heavy (non-hydrogen) atoms. The monoisotopic (exact) mass is 526 g/mol. The van der Waals surface area contributed by atoms with E-state index in [-0.39, 0.29) is 28.5 Å². The number of aryl methyl sites for hydroxylation is 1. The molecule has 0 aliphatic heterocycles. The molecule has 1 N–H and O–H groups in total. The van der Waals surface area contributed by atoms with E-state index in [0.29, 0.717) is 17.9 Å². The molecule has 0 aromatic heterocycles. The lowest BCUT2D eigenvalue weighted by Gasteiger charge is -2.25. The summed E-state index contributed by atoms with van der Waals surface area (Å²) in [6, 6.07) is 17.1. The van der Waals surface area contributed by atoms with E-state index in [0.717, 1.165) is 53.7 Å². The normalized spacial score (nSPS) is 24.4. The van der Waals surface area contributed by atoms with Crippen molar-refractivity contribution in [3.8, 4) is 22.6 Å². The zero-order valence-corrected chi connectivity index (χ0v) is 23.0. The van der Waals surface area contributed by atoms with Gasteiger partial charge in [-0.1, -0.05) is 45.0 Å². The summed E-state index contributed by atoms with van der Waals surface area (Å²) < 4.78 is 26.7. The lowest BCUT2D eigenvalue weighted by Crippen LogP contribution is -2.12. The van der Waals surface area contributed by atoms with Crippen LogP contribution in [-0.4, -0.2) is 18.2 Å². The minimum Gasteiger partial charge on any atom is -0.497 e. The van der Waals surface area contributed by atoms with Crippen LogP contribution in [0, 0.1) is 23.1 Å². The molecule has 6 rings (SSSR count). The number of aliphatic carboxylic acids is 1. The van der Waals surface area contributed by atoms with Crippen molar-refractivity contribution in [3.63, 3.8) is 0 Å². The highest BCUT2D eigenvalue weighted by Crippen LogP contribution is 2.66. The molecule has 0 unspecified atom stereocenters. The number of carboxylic acid groups (broad SMARTS) is 1. The number of carbonyl (C=O) groups is 1. The van der Waals surface area contributed by atoms with Gasteiger partial charge < -0.3 is 14.6 Å². The molecule has 3 aromatic rings. The second-order valence-corrected chi connectivity index (χ2v) is 12.0. The fourth-order valence-electron chi connectivity index (χ4n) is 7.24. The van der Waals surface area contributed by atoms with E-state index < -0.39 is 5.97 Å². The molecule has 3 aliphatic rings. The first kappa shape index (κ1) is 25.7. The molecule has 0 amide bonds. The first-order valence-electron chi connectivity index (χ1n) is 13.8. The maximum Gasteiger partial charge on any atom is 0.307 e. The van der Waals surface area contributed by atoms with Crippen molar-refractivity contribution in [2.45, 2.75) is 58.5 Å². The van der Waals surface area contributed by atoms with Crippen LogP contribution in [0.3, 0.4) is 0 Å². The molecule has 0 radical (unpaired) electrons. The van der Waals surface area contributed by atoms with Crippen molar-refractivity contribution < 1.29 is 23.8 Å². The molecule has 3 atom stereocenters. The van der Waals surface area contributed by atoms with Crippen LogP contribution in [0.15, 0.2) is 60.7 Å². The maximum atomic E-state index is 15.1. The molecule has 1 fully saturated rings.